The molecule has 0 bridgehead atoms. The highest BCUT2D eigenvalue weighted by atomic mass is 32.1. The largest absolute Gasteiger partial charge is 0.508 e. The summed E-state index contributed by atoms with van der Waals surface area (Å²) in [6, 6.07) is 14.6. The Labute approximate surface area is 148 Å². The summed E-state index contributed by atoms with van der Waals surface area (Å²) in [7, 11) is 0. The van der Waals surface area contributed by atoms with E-state index in [1.807, 2.05) is 46.5 Å². The standard InChI is InChI=1S/C19H15N3O2S/c23-15-7-6-14(17(24)10-15)11-22-9-8-20-18(22)19-21-16(12-25-19)13-4-2-1-3-5-13/h1-10,12,23-24H,11H2. The molecule has 25 heavy (non-hydrogen) atoms. The van der Waals surface area contributed by atoms with E-state index in [2.05, 4.69) is 4.98 Å². The third kappa shape index (κ3) is 3.12. The van der Waals surface area contributed by atoms with Crippen LogP contribution in [0.4, 0.5) is 0 Å². The molecule has 0 aliphatic rings. The van der Waals surface area contributed by atoms with E-state index in [1.54, 1.807) is 18.3 Å². The number of aromatic hydroxyl groups is 2. The quantitative estimate of drug-likeness (QED) is 0.581. The van der Waals surface area contributed by atoms with E-state index in [0.29, 0.717) is 12.1 Å². The van der Waals surface area contributed by atoms with Crippen molar-refractivity contribution < 1.29 is 10.2 Å². The van der Waals surface area contributed by atoms with Gasteiger partial charge in [-0.1, -0.05) is 30.3 Å². The van der Waals surface area contributed by atoms with Crippen LogP contribution in [0, 0.1) is 0 Å². The Morgan fingerprint density at radius 3 is 2.68 bits per heavy atom. The van der Waals surface area contributed by atoms with Gasteiger partial charge in [-0.2, -0.15) is 0 Å². The van der Waals surface area contributed by atoms with Crippen LogP contribution in [0.3, 0.4) is 0 Å². The Balaban J connectivity index is 1.65. The van der Waals surface area contributed by atoms with Crippen LogP contribution >= 0.6 is 11.3 Å². The van der Waals surface area contributed by atoms with E-state index in [9.17, 15) is 10.2 Å². The summed E-state index contributed by atoms with van der Waals surface area (Å²) in [5.41, 5.74) is 2.69. The molecule has 0 atom stereocenters. The van der Waals surface area contributed by atoms with Gasteiger partial charge in [-0.25, -0.2) is 9.97 Å². The molecule has 4 aromatic rings. The lowest BCUT2D eigenvalue weighted by Crippen LogP contribution is -2.01. The van der Waals surface area contributed by atoms with Crippen molar-refractivity contribution in [1.82, 2.24) is 14.5 Å². The Hall–Kier alpha value is -3.12. The van der Waals surface area contributed by atoms with Crippen LogP contribution in [0.5, 0.6) is 11.5 Å². The summed E-state index contributed by atoms with van der Waals surface area (Å²) in [5, 5.41) is 22.3. The first-order chi connectivity index (χ1) is 12.2. The van der Waals surface area contributed by atoms with Crippen LogP contribution in [-0.2, 0) is 6.54 Å². The normalized spacial score (nSPS) is 10.9. The van der Waals surface area contributed by atoms with Gasteiger partial charge in [0.05, 0.1) is 12.2 Å². The van der Waals surface area contributed by atoms with Crippen molar-refractivity contribution in [2.45, 2.75) is 6.54 Å². The van der Waals surface area contributed by atoms with Crippen molar-refractivity contribution in [2.75, 3.05) is 0 Å². The van der Waals surface area contributed by atoms with Crippen molar-refractivity contribution in [1.29, 1.82) is 0 Å². The van der Waals surface area contributed by atoms with Gasteiger partial charge >= 0.3 is 0 Å². The molecule has 2 heterocycles. The van der Waals surface area contributed by atoms with Crippen molar-refractivity contribution >= 4 is 11.3 Å². The number of phenolic OH excluding ortho intramolecular Hbond substituents is 2. The lowest BCUT2D eigenvalue weighted by atomic mass is 10.2. The number of nitrogens with zero attached hydrogens (tertiary/aromatic N) is 3. The molecule has 5 nitrogen and oxygen atoms in total. The first-order valence-electron chi connectivity index (χ1n) is 7.74. The molecule has 0 saturated heterocycles. The van der Waals surface area contributed by atoms with Gasteiger partial charge in [-0.15, -0.1) is 11.3 Å². The maximum Gasteiger partial charge on any atom is 0.169 e. The fourth-order valence-corrected chi connectivity index (χ4v) is 3.46. The van der Waals surface area contributed by atoms with Gasteiger partial charge in [-0.05, 0) is 12.1 Å². The van der Waals surface area contributed by atoms with E-state index in [-0.39, 0.29) is 11.5 Å². The lowest BCUT2D eigenvalue weighted by molar-refractivity contribution is 0.444. The topological polar surface area (TPSA) is 71.2 Å². The molecule has 2 N–H and O–H groups in total. The van der Waals surface area contributed by atoms with Crippen LogP contribution in [0.2, 0.25) is 0 Å². The van der Waals surface area contributed by atoms with Crippen LogP contribution in [0.15, 0.2) is 66.3 Å². The zero-order valence-electron chi connectivity index (χ0n) is 13.2. The number of hydrogen-bond acceptors (Lipinski definition) is 5. The molecule has 0 unspecified atom stereocenters. The molecule has 0 saturated carbocycles. The summed E-state index contributed by atoms with van der Waals surface area (Å²) >= 11 is 1.54. The van der Waals surface area contributed by atoms with Crippen molar-refractivity contribution in [3.8, 4) is 33.6 Å². The molecular formula is C19H15N3O2S. The first kappa shape index (κ1) is 15.4. The summed E-state index contributed by atoms with van der Waals surface area (Å²) in [5.74, 6) is 0.850. The molecule has 0 aliphatic carbocycles. The Morgan fingerprint density at radius 2 is 1.88 bits per heavy atom. The van der Waals surface area contributed by atoms with Gasteiger partial charge in [0, 0.05) is 35.0 Å². The molecule has 0 aliphatic heterocycles. The maximum atomic E-state index is 10.00. The highest BCUT2D eigenvalue weighted by Crippen LogP contribution is 2.29. The molecule has 0 fully saturated rings. The summed E-state index contributed by atoms with van der Waals surface area (Å²) in [4.78, 5) is 9.11. The van der Waals surface area contributed by atoms with Crippen molar-refractivity contribution in [3.63, 3.8) is 0 Å². The second kappa shape index (κ2) is 6.41. The van der Waals surface area contributed by atoms with E-state index in [0.717, 1.165) is 22.1 Å². The minimum absolute atomic E-state index is 0.0412. The van der Waals surface area contributed by atoms with Crippen LogP contribution < -0.4 is 0 Å². The second-order valence-electron chi connectivity index (χ2n) is 5.60. The van der Waals surface area contributed by atoms with Crippen LogP contribution in [0.1, 0.15) is 5.56 Å². The van der Waals surface area contributed by atoms with Gasteiger partial charge in [0.15, 0.2) is 10.8 Å². The average molecular weight is 349 g/mol. The van der Waals surface area contributed by atoms with Gasteiger partial charge in [0.25, 0.3) is 0 Å². The minimum atomic E-state index is 0.0412. The number of imidazole rings is 1. The van der Waals surface area contributed by atoms with E-state index in [4.69, 9.17) is 4.98 Å². The highest BCUT2D eigenvalue weighted by molar-refractivity contribution is 7.13. The summed E-state index contributed by atoms with van der Waals surface area (Å²) in [6.45, 7) is 0.446. The third-order valence-electron chi connectivity index (χ3n) is 3.89. The summed E-state index contributed by atoms with van der Waals surface area (Å²) < 4.78 is 1.93. The predicted octanol–water partition coefficient (Wildman–Crippen LogP) is 4.13. The van der Waals surface area contributed by atoms with Crippen molar-refractivity contribution in [3.05, 3.63) is 71.9 Å². The fourth-order valence-electron chi connectivity index (χ4n) is 2.62. The zero-order chi connectivity index (χ0) is 17.2. The lowest BCUT2D eigenvalue weighted by Gasteiger charge is -2.08. The number of phenols is 2. The number of benzene rings is 2. The number of rotatable bonds is 4. The summed E-state index contributed by atoms with van der Waals surface area (Å²) in [6.07, 6.45) is 3.57. The Kier molecular flexibility index (Phi) is 3.95. The van der Waals surface area contributed by atoms with Crippen LogP contribution in [-0.4, -0.2) is 24.7 Å². The van der Waals surface area contributed by atoms with Gasteiger partial charge in [0.1, 0.15) is 11.5 Å². The smallest absolute Gasteiger partial charge is 0.169 e. The highest BCUT2D eigenvalue weighted by Gasteiger charge is 2.13. The number of hydrogen-bond donors (Lipinski definition) is 2. The molecule has 4 rings (SSSR count). The molecule has 124 valence electrons. The van der Waals surface area contributed by atoms with Gasteiger partial charge in [0.2, 0.25) is 0 Å². The Morgan fingerprint density at radius 1 is 1.04 bits per heavy atom. The second-order valence-corrected chi connectivity index (χ2v) is 6.45. The zero-order valence-corrected chi connectivity index (χ0v) is 14.0. The molecule has 2 aromatic heterocycles. The molecule has 0 amide bonds. The van der Waals surface area contributed by atoms with E-state index in [1.165, 1.54) is 17.4 Å². The monoisotopic (exact) mass is 349 g/mol. The molecule has 2 aromatic carbocycles. The molecule has 0 radical (unpaired) electrons. The Bertz CT molecular complexity index is 1010. The molecule has 6 heteroatoms. The van der Waals surface area contributed by atoms with E-state index >= 15 is 0 Å². The number of thiazole rings is 1. The maximum absolute atomic E-state index is 10.00. The van der Waals surface area contributed by atoms with Gasteiger partial charge in [-0.3, -0.25) is 0 Å². The third-order valence-corrected chi connectivity index (χ3v) is 4.73. The predicted molar refractivity (Wildman–Crippen MR) is 97.6 cm³/mol. The molecule has 0 spiro atoms. The molecular weight excluding hydrogens is 334 g/mol. The SMILES string of the molecule is Oc1ccc(Cn2ccnc2-c2nc(-c3ccccc3)cs2)c(O)c1. The fraction of sp³-hybridized carbons (Fsp3) is 0.0526. The van der Waals surface area contributed by atoms with Crippen LogP contribution in [0.25, 0.3) is 22.1 Å². The minimum Gasteiger partial charge on any atom is -0.508 e. The van der Waals surface area contributed by atoms with Gasteiger partial charge < -0.3 is 14.8 Å². The first-order valence-corrected chi connectivity index (χ1v) is 8.62. The van der Waals surface area contributed by atoms with E-state index < -0.39 is 0 Å². The van der Waals surface area contributed by atoms with Crippen molar-refractivity contribution in [2.24, 2.45) is 0 Å². The number of aromatic nitrogens is 3. The average Bonchev–Trinajstić information content (AvgIpc) is 3.27.